The third-order valence-electron chi connectivity index (χ3n) is 1.72. The fourth-order valence-corrected chi connectivity index (χ4v) is 1.41. The zero-order valence-corrected chi connectivity index (χ0v) is 9.48. The van der Waals surface area contributed by atoms with Crippen molar-refractivity contribution in [3.63, 3.8) is 0 Å². The van der Waals surface area contributed by atoms with Gasteiger partial charge in [0.2, 0.25) is 0 Å². The highest BCUT2D eigenvalue weighted by Crippen LogP contribution is 2.08. The van der Waals surface area contributed by atoms with Gasteiger partial charge in [-0.1, -0.05) is 17.7 Å². The Morgan fingerprint density at radius 2 is 1.88 bits per heavy atom. The molecule has 86 valence electrons. The van der Waals surface area contributed by atoms with Crippen molar-refractivity contribution in [1.29, 1.82) is 0 Å². The molecule has 6 heteroatoms. The van der Waals surface area contributed by atoms with Gasteiger partial charge in [0.1, 0.15) is 0 Å². The number of aryl methyl sites for hydroxylation is 1. The van der Waals surface area contributed by atoms with Gasteiger partial charge in [-0.2, -0.15) is 13.5 Å². The molecular weight excluding hydrogens is 228 g/mol. The summed E-state index contributed by atoms with van der Waals surface area (Å²) in [6, 6.07) is 7.82. The minimum absolute atomic E-state index is 0.0666. The molecule has 0 saturated heterocycles. The average Bonchev–Trinajstić information content (AvgIpc) is 2.74. The van der Waals surface area contributed by atoms with E-state index in [2.05, 4.69) is 10.2 Å². The van der Waals surface area contributed by atoms with Crippen LogP contribution in [0.2, 0.25) is 0 Å². The summed E-state index contributed by atoms with van der Waals surface area (Å²) in [6.07, 6.45) is 3.46. The number of nitrogens with zero attached hydrogens (tertiary/aromatic N) is 1. The molecule has 0 atom stereocenters. The Morgan fingerprint density at radius 1 is 1.25 bits per heavy atom. The van der Waals surface area contributed by atoms with Crippen LogP contribution in [-0.2, 0) is 10.1 Å². The molecule has 0 amide bonds. The number of hydrogen-bond donors (Lipinski definition) is 2. The van der Waals surface area contributed by atoms with Crippen LogP contribution in [0.1, 0.15) is 5.56 Å². The van der Waals surface area contributed by atoms with Crippen LogP contribution in [-0.4, -0.2) is 23.2 Å². The van der Waals surface area contributed by atoms with Gasteiger partial charge < -0.3 is 0 Å². The van der Waals surface area contributed by atoms with Gasteiger partial charge in [0, 0.05) is 12.4 Å². The molecular formula is C10H12N2O3S. The predicted octanol–water partition coefficient (Wildman–Crippen LogP) is 1.65. The van der Waals surface area contributed by atoms with Crippen molar-refractivity contribution in [3.8, 4) is 0 Å². The summed E-state index contributed by atoms with van der Waals surface area (Å²) < 4.78 is 29.6. The lowest BCUT2D eigenvalue weighted by Gasteiger charge is -1.95. The summed E-state index contributed by atoms with van der Waals surface area (Å²) >= 11 is 0. The topological polar surface area (TPSA) is 83.1 Å². The van der Waals surface area contributed by atoms with Gasteiger partial charge in [-0.25, -0.2) is 0 Å². The highest BCUT2D eigenvalue weighted by atomic mass is 32.2. The second-order valence-electron chi connectivity index (χ2n) is 3.05. The van der Waals surface area contributed by atoms with Gasteiger partial charge in [-0.05, 0) is 25.1 Å². The van der Waals surface area contributed by atoms with Gasteiger partial charge in [-0.15, -0.1) is 0 Å². The molecule has 0 unspecified atom stereocenters. The zero-order chi connectivity index (χ0) is 12.0. The van der Waals surface area contributed by atoms with E-state index in [0.29, 0.717) is 0 Å². The van der Waals surface area contributed by atoms with Crippen LogP contribution in [0.15, 0.2) is 47.6 Å². The summed E-state index contributed by atoms with van der Waals surface area (Å²) in [7, 11) is -4.02. The molecule has 2 rings (SSSR count). The highest BCUT2D eigenvalue weighted by Gasteiger charge is 2.06. The first-order chi connectivity index (χ1) is 7.50. The maximum atomic E-state index is 10.5. The smallest absolute Gasteiger partial charge is 0.286 e. The van der Waals surface area contributed by atoms with Crippen molar-refractivity contribution in [2.45, 2.75) is 11.8 Å². The van der Waals surface area contributed by atoms with Crippen LogP contribution in [0.5, 0.6) is 0 Å². The summed E-state index contributed by atoms with van der Waals surface area (Å²) in [5.41, 5.74) is 0.956. The Morgan fingerprint density at radius 3 is 2.19 bits per heavy atom. The van der Waals surface area contributed by atoms with E-state index in [-0.39, 0.29) is 4.90 Å². The van der Waals surface area contributed by atoms with Gasteiger partial charge in [-0.3, -0.25) is 9.65 Å². The van der Waals surface area contributed by atoms with Crippen molar-refractivity contribution >= 4 is 10.1 Å². The van der Waals surface area contributed by atoms with Crippen LogP contribution in [0.3, 0.4) is 0 Å². The Kier molecular flexibility index (Phi) is 4.21. The van der Waals surface area contributed by atoms with Crippen molar-refractivity contribution in [2.24, 2.45) is 0 Å². The van der Waals surface area contributed by atoms with Crippen LogP contribution in [0.4, 0.5) is 0 Å². The second kappa shape index (κ2) is 5.43. The van der Waals surface area contributed by atoms with Crippen LogP contribution in [0.25, 0.3) is 0 Å². The molecule has 0 aliphatic carbocycles. The Balaban J connectivity index is 0.000000212. The van der Waals surface area contributed by atoms with E-state index < -0.39 is 10.1 Å². The fraction of sp³-hybridized carbons (Fsp3) is 0.100. The maximum Gasteiger partial charge on any atom is 0.294 e. The van der Waals surface area contributed by atoms with Crippen molar-refractivity contribution < 1.29 is 13.0 Å². The Hall–Kier alpha value is -1.66. The SMILES string of the molecule is Cc1ccc(S(=O)(=O)O)cc1.c1cn[nH]c1. The second-order valence-corrected chi connectivity index (χ2v) is 4.48. The summed E-state index contributed by atoms with van der Waals surface area (Å²) in [4.78, 5) is -0.0666. The standard InChI is InChI=1S/C7H8O3S.C3H4N2/c1-6-2-4-7(5-3-6)11(8,9)10;1-2-4-5-3-1/h2-5H,1H3,(H,8,9,10);1-3H,(H,4,5). The van der Waals surface area contributed by atoms with Gasteiger partial charge in [0.25, 0.3) is 10.1 Å². The first-order valence-electron chi connectivity index (χ1n) is 4.48. The Bertz CT molecular complexity index is 486. The van der Waals surface area contributed by atoms with E-state index in [1.54, 1.807) is 24.5 Å². The van der Waals surface area contributed by atoms with E-state index in [1.165, 1.54) is 12.1 Å². The number of rotatable bonds is 1. The fourth-order valence-electron chi connectivity index (χ4n) is 0.925. The lowest BCUT2D eigenvalue weighted by Crippen LogP contribution is -1.96. The minimum atomic E-state index is -4.02. The molecule has 0 aliphatic heterocycles. The number of aromatic amines is 1. The number of aromatic nitrogens is 2. The number of benzene rings is 1. The third kappa shape index (κ3) is 4.24. The van der Waals surface area contributed by atoms with E-state index in [1.807, 2.05) is 13.0 Å². The van der Waals surface area contributed by atoms with Crippen molar-refractivity contribution in [2.75, 3.05) is 0 Å². The lowest BCUT2D eigenvalue weighted by molar-refractivity contribution is 0.483. The average molecular weight is 240 g/mol. The molecule has 0 aliphatic rings. The minimum Gasteiger partial charge on any atom is -0.286 e. The van der Waals surface area contributed by atoms with E-state index in [0.717, 1.165) is 5.56 Å². The van der Waals surface area contributed by atoms with Gasteiger partial charge >= 0.3 is 0 Å². The number of nitrogens with one attached hydrogen (secondary N) is 1. The monoisotopic (exact) mass is 240 g/mol. The molecule has 1 aromatic heterocycles. The molecule has 0 fully saturated rings. The van der Waals surface area contributed by atoms with E-state index in [4.69, 9.17) is 4.55 Å². The number of hydrogen-bond acceptors (Lipinski definition) is 3. The normalized spacial score (nSPS) is 10.4. The molecule has 2 aromatic rings. The molecule has 0 radical (unpaired) electrons. The summed E-state index contributed by atoms with van der Waals surface area (Å²) in [6.45, 7) is 1.84. The van der Waals surface area contributed by atoms with Crippen LogP contribution < -0.4 is 0 Å². The molecule has 0 bridgehead atoms. The van der Waals surface area contributed by atoms with Crippen LogP contribution >= 0.6 is 0 Å². The van der Waals surface area contributed by atoms with Crippen molar-refractivity contribution in [1.82, 2.24) is 10.2 Å². The highest BCUT2D eigenvalue weighted by molar-refractivity contribution is 7.85. The first kappa shape index (κ1) is 12.4. The van der Waals surface area contributed by atoms with Crippen LogP contribution in [0, 0.1) is 6.92 Å². The lowest BCUT2D eigenvalue weighted by atomic mass is 10.2. The number of H-pyrrole nitrogens is 1. The molecule has 0 saturated carbocycles. The molecule has 16 heavy (non-hydrogen) atoms. The molecule has 1 heterocycles. The van der Waals surface area contributed by atoms with E-state index in [9.17, 15) is 8.42 Å². The molecule has 1 aromatic carbocycles. The predicted molar refractivity (Wildman–Crippen MR) is 59.6 cm³/mol. The Labute approximate surface area is 93.9 Å². The van der Waals surface area contributed by atoms with Crippen molar-refractivity contribution in [3.05, 3.63) is 48.3 Å². The van der Waals surface area contributed by atoms with Gasteiger partial charge in [0.15, 0.2) is 0 Å². The van der Waals surface area contributed by atoms with E-state index >= 15 is 0 Å². The first-order valence-corrected chi connectivity index (χ1v) is 5.92. The molecule has 5 nitrogen and oxygen atoms in total. The third-order valence-corrected chi connectivity index (χ3v) is 2.59. The summed E-state index contributed by atoms with van der Waals surface area (Å²) in [5, 5.41) is 6.21. The van der Waals surface area contributed by atoms with Gasteiger partial charge in [0.05, 0.1) is 4.90 Å². The molecule has 2 N–H and O–H groups in total. The maximum absolute atomic E-state index is 10.5. The summed E-state index contributed by atoms with van der Waals surface area (Å²) in [5.74, 6) is 0. The quantitative estimate of drug-likeness (QED) is 0.742. The molecule has 0 spiro atoms. The largest absolute Gasteiger partial charge is 0.294 e. The zero-order valence-electron chi connectivity index (χ0n) is 8.66.